The van der Waals surface area contributed by atoms with E-state index in [0.717, 1.165) is 5.92 Å². The molecule has 0 saturated heterocycles. The average molecular weight is 252 g/mol. The molecule has 2 heteroatoms. The second-order valence-electron chi connectivity index (χ2n) is 6.24. The lowest BCUT2D eigenvalue weighted by Crippen LogP contribution is -2.37. The van der Waals surface area contributed by atoms with Gasteiger partial charge in [0.2, 0.25) is 0 Å². The van der Waals surface area contributed by atoms with Crippen molar-refractivity contribution in [3.63, 3.8) is 0 Å². The summed E-state index contributed by atoms with van der Waals surface area (Å²) in [5.41, 5.74) is 0.297. The van der Waals surface area contributed by atoms with Gasteiger partial charge in [-0.1, -0.05) is 38.5 Å². The molecule has 0 atom stereocenters. The average Bonchev–Trinajstić information content (AvgIpc) is 2.41. The largest absolute Gasteiger partial charge is 0.466 e. The van der Waals surface area contributed by atoms with E-state index in [2.05, 4.69) is 0 Å². The topological polar surface area (TPSA) is 26.3 Å². The molecule has 0 spiro atoms. The number of carbonyl (C=O) groups excluding carboxylic acids is 1. The first-order valence-electron chi connectivity index (χ1n) is 7.92. The molecule has 2 aliphatic carbocycles. The number of hydrogen-bond donors (Lipinski definition) is 0. The highest BCUT2D eigenvalue weighted by molar-refractivity contribution is 5.70. The molecule has 0 aromatic heterocycles. The van der Waals surface area contributed by atoms with Crippen LogP contribution in [0.2, 0.25) is 0 Å². The van der Waals surface area contributed by atoms with Crippen LogP contribution >= 0.6 is 0 Å². The van der Waals surface area contributed by atoms with Crippen LogP contribution in [0.3, 0.4) is 0 Å². The third-order valence-electron chi connectivity index (χ3n) is 5.12. The van der Waals surface area contributed by atoms with E-state index in [-0.39, 0.29) is 5.97 Å². The van der Waals surface area contributed by atoms with E-state index in [0.29, 0.717) is 18.4 Å². The molecular formula is C16H28O2. The van der Waals surface area contributed by atoms with Crippen LogP contribution in [0.15, 0.2) is 0 Å². The number of carbonyl (C=O) groups is 1. The van der Waals surface area contributed by atoms with Crippen molar-refractivity contribution in [3.8, 4) is 0 Å². The molecular weight excluding hydrogens is 224 g/mol. The Balaban J connectivity index is 2.03. The zero-order valence-corrected chi connectivity index (χ0v) is 11.9. The van der Waals surface area contributed by atoms with Gasteiger partial charge in [0, 0.05) is 0 Å². The molecule has 2 aliphatic rings. The third kappa shape index (κ3) is 3.27. The zero-order chi connectivity index (χ0) is 12.8. The van der Waals surface area contributed by atoms with Crippen LogP contribution in [0.4, 0.5) is 0 Å². The fourth-order valence-corrected chi connectivity index (χ4v) is 4.20. The third-order valence-corrected chi connectivity index (χ3v) is 5.12. The second kappa shape index (κ2) is 6.58. The summed E-state index contributed by atoms with van der Waals surface area (Å²) in [6.45, 7) is 2.44. The second-order valence-corrected chi connectivity index (χ2v) is 6.24. The Morgan fingerprint density at radius 3 is 2.28 bits per heavy atom. The summed E-state index contributed by atoms with van der Waals surface area (Å²) in [4.78, 5) is 11.9. The predicted molar refractivity (Wildman–Crippen MR) is 73.3 cm³/mol. The van der Waals surface area contributed by atoms with Crippen LogP contribution in [0, 0.1) is 11.3 Å². The minimum atomic E-state index is 0.0463. The normalized spacial score (nSPS) is 24.7. The molecule has 0 aromatic carbocycles. The van der Waals surface area contributed by atoms with Gasteiger partial charge in [0.15, 0.2) is 0 Å². The van der Waals surface area contributed by atoms with Gasteiger partial charge >= 0.3 is 5.97 Å². The van der Waals surface area contributed by atoms with Crippen molar-refractivity contribution in [1.29, 1.82) is 0 Å². The highest BCUT2D eigenvalue weighted by Gasteiger charge is 2.41. The molecule has 0 unspecified atom stereocenters. The molecule has 104 valence electrons. The summed E-state index contributed by atoms with van der Waals surface area (Å²) in [5.74, 6) is 0.834. The Morgan fingerprint density at radius 1 is 1.06 bits per heavy atom. The zero-order valence-electron chi connectivity index (χ0n) is 11.9. The minimum absolute atomic E-state index is 0.0463. The quantitative estimate of drug-likeness (QED) is 0.690. The van der Waals surface area contributed by atoms with Crippen LogP contribution in [-0.2, 0) is 9.53 Å². The van der Waals surface area contributed by atoms with Crippen LogP contribution in [0.25, 0.3) is 0 Å². The van der Waals surface area contributed by atoms with Crippen molar-refractivity contribution in [3.05, 3.63) is 0 Å². The number of ether oxygens (including phenoxy) is 1. The van der Waals surface area contributed by atoms with Gasteiger partial charge in [0.05, 0.1) is 13.0 Å². The number of hydrogen-bond acceptors (Lipinski definition) is 2. The van der Waals surface area contributed by atoms with Crippen LogP contribution in [-0.4, -0.2) is 12.6 Å². The highest BCUT2D eigenvalue weighted by atomic mass is 16.5. The Bertz CT molecular complexity index is 260. The molecule has 2 saturated carbocycles. The Labute approximate surface area is 111 Å². The standard InChI is InChI=1S/C16H28O2/c1-2-18-15(17)13-16(11-7-4-8-12-16)14-9-5-3-6-10-14/h14H,2-13H2,1H3. The van der Waals surface area contributed by atoms with Crippen molar-refractivity contribution < 1.29 is 9.53 Å². The molecule has 0 heterocycles. The fourth-order valence-electron chi connectivity index (χ4n) is 4.20. The summed E-state index contributed by atoms with van der Waals surface area (Å²) in [6, 6.07) is 0. The maximum atomic E-state index is 11.9. The van der Waals surface area contributed by atoms with Crippen LogP contribution in [0.1, 0.15) is 77.6 Å². The monoisotopic (exact) mass is 252 g/mol. The first-order chi connectivity index (χ1) is 8.77. The molecule has 0 N–H and O–H groups in total. The van der Waals surface area contributed by atoms with Gasteiger partial charge in [-0.3, -0.25) is 4.79 Å². The lowest BCUT2D eigenvalue weighted by molar-refractivity contribution is -0.148. The van der Waals surface area contributed by atoms with E-state index >= 15 is 0 Å². The van der Waals surface area contributed by atoms with E-state index in [1.54, 1.807) is 0 Å². The predicted octanol–water partition coefficient (Wildman–Crippen LogP) is 4.47. The maximum Gasteiger partial charge on any atom is 0.306 e. The van der Waals surface area contributed by atoms with Crippen LogP contribution < -0.4 is 0 Å². The smallest absolute Gasteiger partial charge is 0.306 e. The van der Waals surface area contributed by atoms with E-state index in [4.69, 9.17) is 4.74 Å². The van der Waals surface area contributed by atoms with E-state index in [1.165, 1.54) is 64.2 Å². The lowest BCUT2D eigenvalue weighted by Gasteiger charge is -2.45. The van der Waals surface area contributed by atoms with Gasteiger partial charge in [-0.15, -0.1) is 0 Å². The molecule has 0 bridgehead atoms. The van der Waals surface area contributed by atoms with Gasteiger partial charge in [0.25, 0.3) is 0 Å². The Morgan fingerprint density at radius 2 is 1.67 bits per heavy atom. The molecule has 0 aliphatic heterocycles. The number of rotatable bonds is 4. The molecule has 2 rings (SSSR count). The first kappa shape index (κ1) is 13.9. The van der Waals surface area contributed by atoms with Gasteiger partial charge in [-0.05, 0) is 43.9 Å². The molecule has 0 aromatic rings. The van der Waals surface area contributed by atoms with Crippen molar-refractivity contribution in [1.82, 2.24) is 0 Å². The van der Waals surface area contributed by atoms with Gasteiger partial charge in [-0.2, -0.15) is 0 Å². The van der Waals surface area contributed by atoms with Gasteiger partial charge in [-0.25, -0.2) is 0 Å². The molecule has 0 radical (unpaired) electrons. The summed E-state index contributed by atoms with van der Waals surface area (Å²) < 4.78 is 5.22. The minimum Gasteiger partial charge on any atom is -0.466 e. The SMILES string of the molecule is CCOC(=O)CC1(C2CCCCC2)CCCCC1. The Kier molecular flexibility index (Phi) is 5.08. The summed E-state index contributed by atoms with van der Waals surface area (Å²) in [5, 5.41) is 0. The summed E-state index contributed by atoms with van der Waals surface area (Å²) >= 11 is 0. The lowest BCUT2D eigenvalue weighted by atomic mass is 9.60. The van der Waals surface area contributed by atoms with Crippen molar-refractivity contribution >= 4 is 5.97 Å². The molecule has 2 fully saturated rings. The maximum absolute atomic E-state index is 11.9. The van der Waals surface area contributed by atoms with Crippen molar-refractivity contribution in [2.24, 2.45) is 11.3 Å². The van der Waals surface area contributed by atoms with E-state index in [1.807, 2.05) is 6.92 Å². The van der Waals surface area contributed by atoms with Crippen molar-refractivity contribution in [2.45, 2.75) is 77.6 Å². The van der Waals surface area contributed by atoms with E-state index in [9.17, 15) is 4.79 Å². The van der Waals surface area contributed by atoms with Crippen molar-refractivity contribution in [2.75, 3.05) is 6.61 Å². The van der Waals surface area contributed by atoms with Gasteiger partial charge in [0.1, 0.15) is 0 Å². The van der Waals surface area contributed by atoms with Crippen LogP contribution in [0.5, 0.6) is 0 Å². The molecule has 2 nitrogen and oxygen atoms in total. The summed E-state index contributed by atoms with van der Waals surface area (Å²) in [6.07, 6.45) is 14.0. The highest BCUT2D eigenvalue weighted by Crippen LogP contribution is 2.50. The first-order valence-corrected chi connectivity index (χ1v) is 7.92. The molecule has 0 amide bonds. The number of esters is 1. The van der Waals surface area contributed by atoms with Gasteiger partial charge < -0.3 is 4.74 Å². The summed E-state index contributed by atoms with van der Waals surface area (Å²) in [7, 11) is 0. The fraction of sp³-hybridized carbons (Fsp3) is 0.938. The van der Waals surface area contributed by atoms with E-state index < -0.39 is 0 Å². The Hall–Kier alpha value is -0.530. The molecule has 18 heavy (non-hydrogen) atoms.